The van der Waals surface area contributed by atoms with Gasteiger partial charge in [0, 0.05) is 6.04 Å². The SMILES string of the molecule is C=C(CC)CC(NN)c1ccc(C)cc1. The highest BCUT2D eigenvalue weighted by Gasteiger charge is 2.09. The molecule has 1 unspecified atom stereocenters. The van der Waals surface area contributed by atoms with Gasteiger partial charge in [-0.1, -0.05) is 48.9 Å². The van der Waals surface area contributed by atoms with Crippen molar-refractivity contribution in [1.29, 1.82) is 0 Å². The molecule has 0 aliphatic carbocycles. The molecule has 15 heavy (non-hydrogen) atoms. The normalized spacial score (nSPS) is 12.5. The molecule has 2 nitrogen and oxygen atoms in total. The third-order valence-corrected chi connectivity index (χ3v) is 2.67. The lowest BCUT2D eigenvalue weighted by atomic mass is 9.98. The van der Waals surface area contributed by atoms with Crippen LogP contribution in [0.2, 0.25) is 0 Å². The van der Waals surface area contributed by atoms with Crippen molar-refractivity contribution < 1.29 is 0 Å². The summed E-state index contributed by atoms with van der Waals surface area (Å²) in [5.74, 6) is 5.55. The van der Waals surface area contributed by atoms with E-state index in [1.165, 1.54) is 16.7 Å². The molecule has 0 amide bonds. The summed E-state index contributed by atoms with van der Waals surface area (Å²) < 4.78 is 0. The minimum atomic E-state index is 0.179. The number of hydrogen-bond acceptors (Lipinski definition) is 2. The molecule has 1 rings (SSSR count). The molecule has 82 valence electrons. The second kappa shape index (κ2) is 5.69. The minimum absolute atomic E-state index is 0.179. The first-order chi connectivity index (χ1) is 7.17. The van der Waals surface area contributed by atoms with Gasteiger partial charge >= 0.3 is 0 Å². The number of nitrogens with two attached hydrogens (primary N) is 1. The van der Waals surface area contributed by atoms with Crippen LogP contribution in [0.25, 0.3) is 0 Å². The molecule has 1 aromatic carbocycles. The fourth-order valence-electron chi connectivity index (χ4n) is 1.50. The lowest BCUT2D eigenvalue weighted by Crippen LogP contribution is -2.28. The van der Waals surface area contributed by atoms with E-state index in [1.807, 2.05) is 0 Å². The van der Waals surface area contributed by atoms with Crippen LogP contribution in [0.4, 0.5) is 0 Å². The lowest BCUT2D eigenvalue weighted by molar-refractivity contribution is 0.545. The zero-order valence-electron chi connectivity index (χ0n) is 9.59. The quantitative estimate of drug-likeness (QED) is 0.440. The van der Waals surface area contributed by atoms with Crippen molar-refractivity contribution in [2.75, 3.05) is 0 Å². The molecule has 0 aliphatic rings. The summed E-state index contributed by atoms with van der Waals surface area (Å²) in [5, 5.41) is 0. The van der Waals surface area contributed by atoms with Gasteiger partial charge in [0.15, 0.2) is 0 Å². The van der Waals surface area contributed by atoms with E-state index in [4.69, 9.17) is 5.84 Å². The first kappa shape index (κ1) is 12.0. The highest BCUT2D eigenvalue weighted by Crippen LogP contribution is 2.21. The maximum atomic E-state index is 5.55. The van der Waals surface area contributed by atoms with Crippen molar-refractivity contribution in [1.82, 2.24) is 5.43 Å². The van der Waals surface area contributed by atoms with E-state index in [1.54, 1.807) is 0 Å². The average Bonchev–Trinajstić information content (AvgIpc) is 2.27. The molecule has 0 heterocycles. The third-order valence-electron chi connectivity index (χ3n) is 2.67. The topological polar surface area (TPSA) is 38.0 Å². The van der Waals surface area contributed by atoms with Gasteiger partial charge in [0.1, 0.15) is 0 Å². The summed E-state index contributed by atoms with van der Waals surface area (Å²) >= 11 is 0. The summed E-state index contributed by atoms with van der Waals surface area (Å²) in [6, 6.07) is 8.62. The standard InChI is InChI=1S/C13H20N2/c1-4-10(2)9-13(15-14)12-7-5-11(3)6-8-12/h5-8,13,15H,2,4,9,14H2,1,3H3. The van der Waals surface area contributed by atoms with Crippen LogP contribution >= 0.6 is 0 Å². The van der Waals surface area contributed by atoms with E-state index in [2.05, 4.69) is 50.1 Å². The summed E-state index contributed by atoms with van der Waals surface area (Å²) in [6.07, 6.45) is 1.90. The predicted molar refractivity (Wildman–Crippen MR) is 65.3 cm³/mol. The van der Waals surface area contributed by atoms with Crippen LogP contribution in [0, 0.1) is 6.92 Å². The molecule has 2 heteroatoms. The first-order valence-corrected chi connectivity index (χ1v) is 5.36. The van der Waals surface area contributed by atoms with E-state index in [0.29, 0.717) is 0 Å². The summed E-state index contributed by atoms with van der Waals surface area (Å²) in [5.41, 5.74) is 6.55. The Morgan fingerprint density at radius 2 is 2.00 bits per heavy atom. The van der Waals surface area contributed by atoms with Crippen molar-refractivity contribution >= 4 is 0 Å². The number of rotatable bonds is 5. The largest absolute Gasteiger partial charge is 0.271 e. The molecule has 0 aromatic heterocycles. The van der Waals surface area contributed by atoms with Crippen molar-refractivity contribution in [3.05, 3.63) is 47.5 Å². The van der Waals surface area contributed by atoms with Gasteiger partial charge in [0.25, 0.3) is 0 Å². The maximum absolute atomic E-state index is 5.55. The molecule has 0 fully saturated rings. The Hall–Kier alpha value is -1.12. The van der Waals surface area contributed by atoms with Gasteiger partial charge in [-0.3, -0.25) is 11.3 Å². The van der Waals surface area contributed by atoms with Crippen molar-refractivity contribution in [2.24, 2.45) is 5.84 Å². The zero-order valence-corrected chi connectivity index (χ0v) is 9.59. The van der Waals surface area contributed by atoms with Gasteiger partial charge < -0.3 is 0 Å². The molecular weight excluding hydrogens is 184 g/mol. The van der Waals surface area contributed by atoms with Crippen LogP contribution in [0.3, 0.4) is 0 Å². The van der Waals surface area contributed by atoms with E-state index in [-0.39, 0.29) is 6.04 Å². The highest BCUT2D eigenvalue weighted by molar-refractivity contribution is 5.25. The molecule has 0 radical (unpaired) electrons. The van der Waals surface area contributed by atoms with E-state index < -0.39 is 0 Å². The Morgan fingerprint density at radius 1 is 1.40 bits per heavy atom. The Kier molecular flexibility index (Phi) is 4.53. The van der Waals surface area contributed by atoms with Gasteiger partial charge in [-0.25, -0.2) is 0 Å². The average molecular weight is 204 g/mol. The zero-order chi connectivity index (χ0) is 11.3. The predicted octanol–water partition coefficient (Wildman–Crippen LogP) is 2.86. The highest BCUT2D eigenvalue weighted by atomic mass is 15.2. The summed E-state index contributed by atoms with van der Waals surface area (Å²) in [7, 11) is 0. The molecule has 0 bridgehead atoms. The Balaban J connectivity index is 2.74. The van der Waals surface area contributed by atoms with E-state index in [9.17, 15) is 0 Å². The molecule has 1 aromatic rings. The molecule has 0 saturated carbocycles. The number of aryl methyl sites for hydroxylation is 1. The Labute approximate surface area is 92.2 Å². The number of benzene rings is 1. The second-order valence-corrected chi connectivity index (χ2v) is 3.94. The maximum Gasteiger partial charge on any atom is 0.0496 e. The summed E-state index contributed by atoms with van der Waals surface area (Å²) in [6.45, 7) is 8.21. The molecule has 0 saturated heterocycles. The van der Waals surface area contributed by atoms with Crippen LogP contribution in [-0.2, 0) is 0 Å². The molecule has 0 aliphatic heterocycles. The molecule has 1 atom stereocenters. The minimum Gasteiger partial charge on any atom is -0.271 e. The number of hydrogen-bond donors (Lipinski definition) is 2. The van der Waals surface area contributed by atoms with Crippen molar-refractivity contribution in [2.45, 2.75) is 32.7 Å². The molecule has 3 N–H and O–H groups in total. The van der Waals surface area contributed by atoms with Crippen LogP contribution in [0.5, 0.6) is 0 Å². The van der Waals surface area contributed by atoms with Gasteiger partial charge in [0.05, 0.1) is 0 Å². The van der Waals surface area contributed by atoms with E-state index in [0.717, 1.165) is 12.8 Å². The lowest BCUT2D eigenvalue weighted by Gasteiger charge is -2.17. The van der Waals surface area contributed by atoms with Gasteiger partial charge in [-0.15, -0.1) is 0 Å². The van der Waals surface area contributed by atoms with Crippen LogP contribution in [-0.4, -0.2) is 0 Å². The molecule has 0 spiro atoms. The Morgan fingerprint density at radius 3 is 2.47 bits per heavy atom. The Bertz CT molecular complexity index is 314. The van der Waals surface area contributed by atoms with Crippen molar-refractivity contribution in [3.63, 3.8) is 0 Å². The van der Waals surface area contributed by atoms with Crippen LogP contribution in [0.15, 0.2) is 36.4 Å². The van der Waals surface area contributed by atoms with E-state index >= 15 is 0 Å². The monoisotopic (exact) mass is 204 g/mol. The van der Waals surface area contributed by atoms with Gasteiger partial charge in [-0.2, -0.15) is 0 Å². The van der Waals surface area contributed by atoms with Crippen LogP contribution in [0.1, 0.15) is 36.9 Å². The summed E-state index contributed by atoms with van der Waals surface area (Å²) in [4.78, 5) is 0. The van der Waals surface area contributed by atoms with Gasteiger partial charge in [-0.05, 0) is 25.3 Å². The fourth-order valence-corrected chi connectivity index (χ4v) is 1.50. The number of nitrogens with one attached hydrogen (secondary N) is 1. The first-order valence-electron chi connectivity index (χ1n) is 5.36. The number of hydrazine groups is 1. The second-order valence-electron chi connectivity index (χ2n) is 3.94. The van der Waals surface area contributed by atoms with Crippen LogP contribution < -0.4 is 11.3 Å². The fraction of sp³-hybridized carbons (Fsp3) is 0.385. The molecular formula is C13H20N2. The third kappa shape index (κ3) is 3.50. The smallest absolute Gasteiger partial charge is 0.0496 e. The van der Waals surface area contributed by atoms with Gasteiger partial charge in [0.2, 0.25) is 0 Å². The van der Waals surface area contributed by atoms with Crippen molar-refractivity contribution in [3.8, 4) is 0 Å².